The molecule has 3 heterocycles. The SMILES string of the molecule is CC(=O)NC[C@@H]1CN(c2cc(=O)n(C)c3ccc(C#N)nc23)[C@@H](C)CN1C(c1ccc(F)cc1)c1ccc(F)cc1. The number of anilines is 1. The highest BCUT2D eigenvalue weighted by Gasteiger charge is 2.38. The molecule has 2 atom stereocenters. The van der Waals surface area contributed by atoms with Gasteiger partial charge in [-0.2, -0.15) is 5.26 Å². The van der Waals surface area contributed by atoms with Gasteiger partial charge in [0.05, 0.1) is 17.2 Å². The first kappa shape index (κ1) is 27.9. The highest BCUT2D eigenvalue weighted by molar-refractivity contribution is 5.89. The summed E-state index contributed by atoms with van der Waals surface area (Å²) in [4.78, 5) is 33.9. The van der Waals surface area contributed by atoms with E-state index in [-0.39, 0.29) is 46.9 Å². The normalized spacial score (nSPS) is 17.5. The number of amides is 1. The Hall–Kier alpha value is -4.62. The van der Waals surface area contributed by atoms with E-state index in [9.17, 15) is 23.6 Å². The van der Waals surface area contributed by atoms with Gasteiger partial charge in [-0.25, -0.2) is 13.8 Å². The summed E-state index contributed by atoms with van der Waals surface area (Å²) >= 11 is 0. The summed E-state index contributed by atoms with van der Waals surface area (Å²) in [5.74, 6) is -0.905. The van der Waals surface area contributed by atoms with Crippen molar-refractivity contribution in [2.45, 2.75) is 32.0 Å². The second kappa shape index (κ2) is 11.5. The van der Waals surface area contributed by atoms with E-state index < -0.39 is 0 Å². The number of nitriles is 1. The maximum Gasteiger partial charge on any atom is 0.252 e. The lowest BCUT2D eigenvalue weighted by atomic mass is 9.92. The molecule has 0 bridgehead atoms. The molecular weight excluding hydrogens is 526 g/mol. The molecule has 0 unspecified atom stereocenters. The van der Waals surface area contributed by atoms with Crippen LogP contribution < -0.4 is 15.8 Å². The molecule has 8 nitrogen and oxygen atoms in total. The number of halogens is 2. The lowest BCUT2D eigenvalue weighted by Gasteiger charge is -2.49. The molecule has 2 aromatic heterocycles. The van der Waals surface area contributed by atoms with Crippen molar-refractivity contribution >= 4 is 22.6 Å². The highest BCUT2D eigenvalue weighted by atomic mass is 19.1. The van der Waals surface area contributed by atoms with Gasteiger partial charge >= 0.3 is 0 Å². The van der Waals surface area contributed by atoms with E-state index in [2.05, 4.69) is 26.2 Å². The van der Waals surface area contributed by atoms with Crippen molar-refractivity contribution in [1.82, 2.24) is 19.8 Å². The number of benzene rings is 2. The monoisotopic (exact) mass is 556 g/mol. The molecule has 5 rings (SSSR count). The molecule has 41 heavy (non-hydrogen) atoms. The Kier molecular flexibility index (Phi) is 7.81. The first-order valence-corrected chi connectivity index (χ1v) is 13.3. The molecule has 1 amide bonds. The van der Waals surface area contributed by atoms with E-state index in [4.69, 9.17) is 0 Å². The van der Waals surface area contributed by atoms with Crippen molar-refractivity contribution in [2.75, 3.05) is 24.5 Å². The van der Waals surface area contributed by atoms with Crippen LogP contribution in [-0.4, -0.2) is 52.1 Å². The van der Waals surface area contributed by atoms with Crippen LogP contribution in [0.25, 0.3) is 11.0 Å². The van der Waals surface area contributed by atoms with Crippen LogP contribution in [0.4, 0.5) is 14.5 Å². The van der Waals surface area contributed by atoms with Crippen LogP contribution in [0, 0.1) is 23.0 Å². The molecule has 4 aromatic rings. The second-order valence-electron chi connectivity index (χ2n) is 10.4. The predicted octanol–water partition coefficient (Wildman–Crippen LogP) is 3.89. The van der Waals surface area contributed by atoms with Gasteiger partial charge in [-0.15, -0.1) is 0 Å². The molecule has 1 aliphatic rings. The molecule has 210 valence electrons. The molecule has 0 aliphatic carbocycles. The number of nitrogens with zero attached hydrogens (tertiary/aromatic N) is 5. The molecule has 0 spiro atoms. The fourth-order valence-corrected chi connectivity index (χ4v) is 5.62. The maximum absolute atomic E-state index is 13.9. The molecule has 2 aromatic carbocycles. The summed E-state index contributed by atoms with van der Waals surface area (Å²) in [6, 6.07) is 18.7. The number of aryl methyl sites for hydroxylation is 1. The minimum Gasteiger partial charge on any atom is -0.364 e. The molecule has 1 saturated heterocycles. The number of hydrogen-bond acceptors (Lipinski definition) is 6. The molecular formula is C31H30F2N6O2. The van der Waals surface area contributed by atoms with E-state index in [0.29, 0.717) is 36.4 Å². The van der Waals surface area contributed by atoms with Gasteiger partial charge in [0.15, 0.2) is 0 Å². The van der Waals surface area contributed by atoms with Crippen molar-refractivity contribution < 1.29 is 13.6 Å². The van der Waals surface area contributed by atoms with Gasteiger partial charge < -0.3 is 14.8 Å². The Morgan fingerprint density at radius 3 is 2.22 bits per heavy atom. The van der Waals surface area contributed by atoms with Crippen molar-refractivity contribution in [3.05, 3.63) is 106 Å². The van der Waals surface area contributed by atoms with Gasteiger partial charge in [0.2, 0.25) is 5.91 Å². The third-order valence-corrected chi connectivity index (χ3v) is 7.67. The smallest absolute Gasteiger partial charge is 0.252 e. The first-order chi connectivity index (χ1) is 19.7. The fraction of sp³-hybridized carbons (Fsp3) is 0.290. The van der Waals surface area contributed by atoms with Gasteiger partial charge in [-0.1, -0.05) is 24.3 Å². The minimum absolute atomic E-state index is 0.130. The quantitative estimate of drug-likeness (QED) is 0.387. The van der Waals surface area contributed by atoms with E-state index in [1.54, 1.807) is 43.4 Å². The number of pyridine rings is 2. The topological polar surface area (TPSA) is 94.3 Å². The fourth-order valence-electron chi connectivity index (χ4n) is 5.62. The van der Waals surface area contributed by atoms with Gasteiger partial charge in [0.1, 0.15) is 28.9 Å². The van der Waals surface area contributed by atoms with Crippen LogP contribution >= 0.6 is 0 Å². The van der Waals surface area contributed by atoms with Gasteiger partial charge in [-0.05, 0) is 54.4 Å². The lowest BCUT2D eigenvalue weighted by Crippen LogP contribution is -2.61. The summed E-state index contributed by atoms with van der Waals surface area (Å²) in [5.41, 5.74) is 3.44. The summed E-state index contributed by atoms with van der Waals surface area (Å²) in [6.07, 6.45) is 0. The summed E-state index contributed by atoms with van der Waals surface area (Å²) in [5, 5.41) is 12.4. The summed E-state index contributed by atoms with van der Waals surface area (Å²) in [7, 11) is 1.67. The Bertz CT molecular complexity index is 1640. The van der Waals surface area contributed by atoms with Crippen LogP contribution in [0.1, 0.15) is 36.7 Å². The number of piperazine rings is 1. The number of rotatable bonds is 6. The molecule has 1 N–H and O–H groups in total. The Labute approximate surface area is 236 Å². The summed E-state index contributed by atoms with van der Waals surface area (Å²) < 4.78 is 29.3. The Morgan fingerprint density at radius 1 is 1.05 bits per heavy atom. The van der Waals surface area contributed by atoms with Crippen LogP contribution in [-0.2, 0) is 11.8 Å². The number of nitrogens with one attached hydrogen (secondary N) is 1. The van der Waals surface area contributed by atoms with Crippen LogP contribution in [0.15, 0.2) is 71.5 Å². The van der Waals surface area contributed by atoms with Crippen molar-refractivity contribution in [1.29, 1.82) is 5.26 Å². The van der Waals surface area contributed by atoms with Gasteiger partial charge in [-0.3, -0.25) is 14.5 Å². The van der Waals surface area contributed by atoms with Crippen LogP contribution in [0.5, 0.6) is 0 Å². The van der Waals surface area contributed by atoms with E-state index >= 15 is 0 Å². The zero-order valence-corrected chi connectivity index (χ0v) is 23.0. The molecule has 1 fully saturated rings. The standard InChI is InChI=1S/C31H30F2N6O2/c1-19-17-39(31(21-4-8-23(32)9-5-21)22-6-10-24(33)11-7-22)26(16-35-20(2)40)18-38(19)28-14-29(41)37(3)27-13-12-25(15-34)36-30(27)28/h4-14,19,26,31H,16-18H2,1-3H3,(H,35,40)/t19-,26+/m0/s1. The number of carbonyl (C=O) groups is 1. The van der Waals surface area contributed by atoms with Crippen molar-refractivity contribution in [3.8, 4) is 6.07 Å². The average molecular weight is 557 g/mol. The molecule has 1 aliphatic heterocycles. The Balaban J connectivity index is 1.61. The van der Waals surface area contributed by atoms with Gasteiger partial charge in [0, 0.05) is 51.8 Å². The first-order valence-electron chi connectivity index (χ1n) is 13.3. The number of aromatic nitrogens is 2. The molecule has 10 heteroatoms. The van der Waals surface area contributed by atoms with Gasteiger partial charge in [0.25, 0.3) is 5.56 Å². The minimum atomic E-state index is -0.360. The Morgan fingerprint density at radius 2 is 1.66 bits per heavy atom. The third-order valence-electron chi connectivity index (χ3n) is 7.67. The van der Waals surface area contributed by atoms with Crippen LogP contribution in [0.2, 0.25) is 0 Å². The van der Waals surface area contributed by atoms with Crippen LogP contribution in [0.3, 0.4) is 0 Å². The average Bonchev–Trinajstić information content (AvgIpc) is 2.96. The van der Waals surface area contributed by atoms with Crippen molar-refractivity contribution in [2.24, 2.45) is 7.05 Å². The van der Waals surface area contributed by atoms with E-state index in [0.717, 1.165) is 11.1 Å². The maximum atomic E-state index is 13.9. The molecule has 0 radical (unpaired) electrons. The lowest BCUT2D eigenvalue weighted by molar-refractivity contribution is -0.119. The van der Waals surface area contributed by atoms with Crippen molar-refractivity contribution in [3.63, 3.8) is 0 Å². The third kappa shape index (κ3) is 5.67. The zero-order valence-electron chi connectivity index (χ0n) is 23.0. The van der Waals surface area contributed by atoms with E-state index in [1.807, 2.05) is 6.92 Å². The summed E-state index contributed by atoms with van der Waals surface area (Å²) in [6.45, 7) is 4.70. The number of hydrogen-bond donors (Lipinski definition) is 1. The number of fused-ring (bicyclic) bond motifs is 1. The largest absolute Gasteiger partial charge is 0.364 e. The predicted molar refractivity (Wildman–Crippen MR) is 152 cm³/mol. The zero-order chi connectivity index (χ0) is 29.3. The number of carbonyl (C=O) groups excluding carboxylic acids is 1. The second-order valence-corrected chi connectivity index (χ2v) is 10.4. The molecule has 0 saturated carbocycles. The van der Waals surface area contributed by atoms with E-state index in [1.165, 1.54) is 41.8 Å². The highest BCUT2D eigenvalue weighted by Crippen LogP contribution is 2.36.